The van der Waals surface area contributed by atoms with Crippen molar-refractivity contribution < 1.29 is 17.9 Å². The monoisotopic (exact) mass is 380 g/mol. The molecule has 2 heterocycles. The van der Waals surface area contributed by atoms with E-state index in [1.54, 1.807) is 7.11 Å². The van der Waals surface area contributed by atoms with Gasteiger partial charge in [-0.1, -0.05) is 18.6 Å². The standard InChI is InChI=1S/C19H23F3N4O/c1-27-15-7-5-14(6-8-15)16(26-11-3-2-4-12-26)13-24-18-23-10-9-17(25-18)19(20,21)22/h5-10,16H,2-4,11-13H2,1H3,(H,23,24,25). The Labute approximate surface area is 156 Å². The third kappa shape index (κ3) is 5.09. The molecule has 0 radical (unpaired) electrons. The minimum atomic E-state index is -4.48. The number of halogens is 3. The van der Waals surface area contributed by atoms with Gasteiger partial charge in [0.05, 0.1) is 13.2 Å². The number of likely N-dealkylation sites (tertiary alicyclic amines) is 1. The number of aromatic nitrogens is 2. The second-order valence-corrected chi connectivity index (χ2v) is 6.53. The maximum atomic E-state index is 12.9. The Bertz CT molecular complexity index is 730. The van der Waals surface area contributed by atoms with Crippen LogP contribution in [0.25, 0.3) is 0 Å². The van der Waals surface area contributed by atoms with Crippen molar-refractivity contribution in [3.8, 4) is 5.75 Å². The van der Waals surface area contributed by atoms with E-state index in [-0.39, 0.29) is 12.0 Å². The summed E-state index contributed by atoms with van der Waals surface area (Å²) in [5.41, 5.74) is 0.135. The second kappa shape index (κ2) is 8.56. The molecule has 3 rings (SSSR count). The number of piperidine rings is 1. The van der Waals surface area contributed by atoms with Gasteiger partial charge in [0.2, 0.25) is 5.95 Å². The lowest BCUT2D eigenvalue weighted by Gasteiger charge is -2.35. The Hall–Kier alpha value is -2.35. The zero-order valence-corrected chi connectivity index (χ0v) is 15.2. The van der Waals surface area contributed by atoms with Gasteiger partial charge in [0.15, 0.2) is 0 Å². The van der Waals surface area contributed by atoms with Crippen LogP contribution < -0.4 is 10.1 Å². The summed E-state index contributed by atoms with van der Waals surface area (Å²) in [5.74, 6) is 0.755. The number of alkyl halides is 3. The van der Waals surface area contributed by atoms with Crippen LogP contribution >= 0.6 is 0 Å². The molecule has 5 nitrogen and oxygen atoms in total. The summed E-state index contributed by atoms with van der Waals surface area (Å²) in [5, 5.41) is 2.99. The number of hydrogen-bond acceptors (Lipinski definition) is 5. The summed E-state index contributed by atoms with van der Waals surface area (Å²) in [7, 11) is 1.61. The van der Waals surface area contributed by atoms with Crippen molar-refractivity contribution in [3.63, 3.8) is 0 Å². The van der Waals surface area contributed by atoms with E-state index >= 15 is 0 Å². The van der Waals surface area contributed by atoms with Crippen molar-refractivity contribution >= 4 is 5.95 Å². The minimum Gasteiger partial charge on any atom is -0.497 e. The van der Waals surface area contributed by atoms with Crippen molar-refractivity contribution in [2.75, 3.05) is 32.1 Å². The number of nitrogens with zero attached hydrogens (tertiary/aromatic N) is 3. The summed E-state index contributed by atoms with van der Waals surface area (Å²) < 4.78 is 43.8. The summed E-state index contributed by atoms with van der Waals surface area (Å²) >= 11 is 0. The van der Waals surface area contributed by atoms with Crippen molar-refractivity contribution in [2.24, 2.45) is 0 Å². The van der Waals surface area contributed by atoms with Gasteiger partial charge in [-0.2, -0.15) is 13.2 Å². The molecule has 1 N–H and O–H groups in total. The minimum absolute atomic E-state index is 0.0136. The van der Waals surface area contributed by atoms with Crippen molar-refractivity contribution in [3.05, 3.63) is 47.8 Å². The number of rotatable bonds is 6. The largest absolute Gasteiger partial charge is 0.497 e. The van der Waals surface area contributed by atoms with E-state index in [4.69, 9.17) is 4.74 Å². The first kappa shape index (κ1) is 19.4. The average Bonchev–Trinajstić information content (AvgIpc) is 2.69. The zero-order valence-electron chi connectivity index (χ0n) is 15.2. The molecule has 1 aromatic heterocycles. The molecule has 0 aliphatic carbocycles. The van der Waals surface area contributed by atoms with Gasteiger partial charge < -0.3 is 10.1 Å². The fraction of sp³-hybridized carbons (Fsp3) is 0.474. The molecule has 146 valence electrons. The highest BCUT2D eigenvalue weighted by molar-refractivity contribution is 5.32. The van der Waals surface area contributed by atoms with Gasteiger partial charge in [-0.3, -0.25) is 4.90 Å². The fourth-order valence-electron chi connectivity index (χ4n) is 3.30. The third-order valence-electron chi connectivity index (χ3n) is 4.73. The van der Waals surface area contributed by atoms with Crippen LogP contribution in [-0.4, -0.2) is 41.6 Å². The van der Waals surface area contributed by atoms with Gasteiger partial charge in [0, 0.05) is 12.7 Å². The molecule has 1 aromatic carbocycles. The van der Waals surface area contributed by atoms with E-state index in [9.17, 15) is 13.2 Å². The smallest absolute Gasteiger partial charge is 0.433 e. The number of nitrogens with one attached hydrogen (secondary N) is 1. The molecule has 2 aromatic rings. The Morgan fingerprint density at radius 3 is 2.44 bits per heavy atom. The number of methoxy groups -OCH3 is 1. The highest BCUT2D eigenvalue weighted by atomic mass is 19.4. The van der Waals surface area contributed by atoms with E-state index in [1.807, 2.05) is 24.3 Å². The van der Waals surface area contributed by atoms with Gasteiger partial charge >= 0.3 is 6.18 Å². The van der Waals surface area contributed by atoms with Gasteiger partial charge in [-0.25, -0.2) is 9.97 Å². The predicted molar refractivity (Wildman–Crippen MR) is 96.7 cm³/mol. The molecule has 1 fully saturated rings. The second-order valence-electron chi connectivity index (χ2n) is 6.53. The molecule has 1 aliphatic rings. The number of anilines is 1. The number of benzene rings is 1. The van der Waals surface area contributed by atoms with Gasteiger partial charge in [-0.15, -0.1) is 0 Å². The molecule has 0 bridgehead atoms. The van der Waals surface area contributed by atoms with Crippen molar-refractivity contribution in [1.82, 2.24) is 14.9 Å². The van der Waals surface area contributed by atoms with Gasteiger partial charge in [-0.05, 0) is 49.7 Å². The van der Waals surface area contributed by atoms with Crippen LogP contribution in [0.1, 0.15) is 36.6 Å². The Morgan fingerprint density at radius 2 is 1.81 bits per heavy atom. The SMILES string of the molecule is COc1ccc(C(CNc2nccc(C(F)(F)F)n2)N2CCCCC2)cc1. The molecule has 1 atom stereocenters. The van der Waals surface area contributed by atoms with E-state index in [2.05, 4.69) is 20.2 Å². The lowest BCUT2D eigenvalue weighted by molar-refractivity contribution is -0.141. The average molecular weight is 380 g/mol. The molecular weight excluding hydrogens is 357 g/mol. The lowest BCUT2D eigenvalue weighted by Crippen LogP contribution is -2.37. The topological polar surface area (TPSA) is 50.3 Å². The van der Waals surface area contributed by atoms with Gasteiger partial charge in [0.1, 0.15) is 11.4 Å². The normalized spacial score (nSPS) is 16.7. The van der Waals surface area contributed by atoms with Crippen LogP contribution in [0.15, 0.2) is 36.5 Å². The molecule has 27 heavy (non-hydrogen) atoms. The summed E-state index contributed by atoms with van der Waals surface area (Å²) in [4.78, 5) is 9.88. The van der Waals surface area contributed by atoms with Crippen molar-refractivity contribution in [2.45, 2.75) is 31.5 Å². The fourth-order valence-corrected chi connectivity index (χ4v) is 3.30. The van der Waals surface area contributed by atoms with Crippen LogP contribution in [0.5, 0.6) is 5.75 Å². The van der Waals surface area contributed by atoms with Crippen LogP contribution in [0.4, 0.5) is 19.1 Å². The van der Waals surface area contributed by atoms with Crippen LogP contribution in [0.3, 0.4) is 0 Å². The maximum Gasteiger partial charge on any atom is 0.433 e. The van der Waals surface area contributed by atoms with Crippen LogP contribution in [0.2, 0.25) is 0 Å². The first-order valence-electron chi connectivity index (χ1n) is 8.99. The molecule has 1 aliphatic heterocycles. The van der Waals surface area contributed by atoms with E-state index in [0.29, 0.717) is 6.54 Å². The molecule has 0 spiro atoms. The highest BCUT2D eigenvalue weighted by Gasteiger charge is 2.33. The first-order chi connectivity index (χ1) is 13.0. The molecular formula is C19H23F3N4O. The summed E-state index contributed by atoms with van der Waals surface area (Å²) in [6, 6.07) is 8.67. The van der Waals surface area contributed by atoms with Crippen LogP contribution in [0, 0.1) is 0 Å². The van der Waals surface area contributed by atoms with Crippen LogP contribution in [-0.2, 0) is 6.18 Å². The van der Waals surface area contributed by atoms with E-state index < -0.39 is 11.9 Å². The van der Waals surface area contributed by atoms with E-state index in [0.717, 1.165) is 49.5 Å². The Kier molecular flexibility index (Phi) is 6.15. The quantitative estimate of drug-likeness (QED) is 0.816. The summed E-state index contributed by atoms with van der Waals surface area (Å²) in [6.07, 6.45) is 0.0818. The van der Waals surface area contributed by atoms with E-state index in [1.165, 1.54) is 6.42 Å². The molecule has 0 amide bonds. The Balaban J connectivity index is 1.77. The third-order valence-corrected chi connectivity index (χ3v) is 4.73. The van der Waals surface area contributed by atoms with Crippen molar-refractivity contribution in [1.29, 1.82) is 0 Å². The molecule has 1 saturated heterocycles. The number of hydrogen-bond donors (Lipinski definition) is 1. The molecule has 1 unspecified atom stereocenters. The molecule has 8 heteroatoms. The number of ether oxygens (including phenoxy) is 1. The Morgan fingerprint density at radius 1 is 1.11 bits per heavy atom. The summed E-state index contributed by atoms with van der Waals surface area (Å²) in [6.45, 7) is 2.34. The maximum absolute atomic E-state index is 12.9. The first-order valence-corrected chi connectivity index (χ1v) is 8.99. The zero-order chi connectivity index (χ0) is 19.3. The van der Waals surface area contributed by atoms with Gasteiger partial charge in [0.25, 0.3) is 0 Å². The highest BCUT2D eigenvalue weighted by Crippen LogP contribution is 2.29. The predicted octanol–water partition coefficient (Wildman–Crippen LogP) is 4.14. The molecule has 0 saturated carbocycles. The lowest BCUT2D eigenvalue weighted by atomic mass is 10.0.